The van der Waals surface area contributed by atoms with Gasteiger partial charge in [0.05, 0.1) is 6.04 Å². The first-order valence-electron chi connectivity index (χ1n) is 8.43. The van der Waals surface area contributed by atoms with E-state index in [4.69, 9.17) is 4.98 Å². The van der Waals surface area contributed by atoms with Gasteiger partial charge in [-0.25, -0.2) is 9.97 Å². The number of anilines is 1. The molecule has 1 saturated heterocycles. The van der Waals surface area contributed by atoms with E-state index in [0.29, 0.717) is 18.3 Å². The lowest BCUT2D eigenvalue weighted by molar-refractivity contribution is -0.128. The fourth-order valence-electron chi connectivity index (χ4n) is 3.16. The van der Waals surface area contributed by atoms with Crippen LogP contribution in [0.2, 0.25) is 0 Å². The lowest BCUT2D eigenvalue weighted by Crippen LogP contribution is -2.30. The standard InChI is InChI=1S/C18H21N5O/c1-11-12(2)20-18(13-5-7-19-8-6-13)22-17(11)21-14-9-16(24)23(10-14)15-3-4-15/h5-8,14-15H,3-4,9-10H2,1-2H3,(H,20,21,22). The number of aromatic nitrogens is 3. The third-order valence-electron chi connectivity index (χ3n) is 4.81. The van der Waals surface area contributed by atoms with Gasteiger partial charge in [-0.05, 0) is 38.8 Å². The van der Waals surface area contributed by atoms with E-state index in [-0.39, 0.29) is 11.9 Å². The van der Waals surface area contributed by atoms with Crippen molar-refractivity contribution >= 4 is 11.7 Å². The molecule has 6 nitrogen and oxygen atoms in total. The molecule has 2 aliphatic rings. The van der Waals surface area contributed by atoms with E-state index in [1.807, 2.05) is 30.9 Å². The van der Waals surface area contributed by atoms with Crippen molar-refractivity contribution in [1.82, 2.24) is 19.9 Å². The summed E-state index contributed by atoms with van der Waals surface area (Å²) in [5.74, 6) is 1.77. The van der Waals surface area contributed by atoms with Crippen LogP contribution in [-0.2, 0) is 4.79 Å². The van der Waals surface area contributed by atoms with Crippen LogP contribution < -0.4 is 5.32 Å². The van der Waals surface area contributed by atoms with Crippen molar-refractivity contribution in [2.45, 2.75) is 45.2 Å². The van der Waals surface area contributed by atoms with E-state index in [2.05, 4.69) is 15.3 Å². The minimum atomic E-state index is 0.122. The normalized spacial score (nSPS) is 20.5. The number of carbonyl (C=O) groups is 1. The zero-order valence-corrected chi connectivity index (χ0v) is 14.0. The molecule has 0 bridgehead atoms. The molecule has 0 aromatic carbocycles. The van der Waals surface area contributed by atoms with Crippen molar-refractivity contribution < 1.29 is 4.79 Å². The second kappa shape index (κ2) is 5.85. The number of pyridine rings is 1. The number of amides is 1. The summed E-state index contributed by atoms with van der Waals surface area (Å²) in [4.78, 5) is 27.5. The summed E-state index contributed by atoms with van der Waals surface area (Å²) in [5.41, 5.74) is 2.92. The lowest BCUT2D eigenvalue weighted by Gasteiger charge is -2.18. The monoisotopic (exact) mass is 323 g/mol. The fraction of sp³-hybridized carbons (Fsp3) is 0.444. The SMILES string of the molecule is Cc1nc(-c2ccncc2)nc(NC2CC(=O)N(C3CC3)C2)c1C. The highest BCUT2D eigenvalue weighted by atomic mass is 16.2. The smallest absolute Gasteiger partial charge is 0.225 e. The number of aryl methyl sites for hydroxylation is 1. The highest BCUT2D eigenvalue weighted by molar-refractivity contribution is 5.80. The largest absolute Gasteiger partial charge is 0.365 e. The summed E-state index contributed by atoms with van der Waals surface area (Å²) in [6.07, 6.45) is 6.32. The first-order valence-corrected chi connectivity index (χ1v) is 8.43. The summed E-state index contributed by atoms with van der Waals surface area (Å²) in [6, 6.07) is 4.41. The molecular weight excluding hydrogens is 302 g/mol. The van der Waals surface area contributed by atoms with E-state index in [0.717, 1.165) is 42.0 Å². The Hall–Kier alpha value is -2.50. The summed E-state index contributed by atoms with van der Waals surface area (Å²) in [7, 11) is 0. The van der Waals surface area contributed by atoms with Gasteiger partial charge in [0.25, 0.3) is 0 Å². The predicted molar refractivity (Wildman–Crippen MR) is 91.5 cm³/mol. The summed E-state index contributed by atoms with van der Waals surface area (Å²) in [6.45, 7) is 4.78. The maximum absolute atomic E-state index is 12.1. The third-order valence-corrected chi connectivity index (χ3v) is 4.81. The average molecular weight is 323 g/mol. The topological polar surface area (TPSA) is 71.0 Å². The maximum Gasteiger partial charge on any atom is 0.225 e. The predicted octanol–water partition coefficient (Wildman–Crippen LogP) is 2.33. The van der Waals surface area contributed by atoms with Crippen LogP contribution in [0.15, 0.2) is 24.5 Å². The third kappa shape index (κ3) is 2.84. The van der Waals surface area contributed by atoms with Crippen LogP contribution in [0.1, 0.15) is 30.5 Å². The molecule has 24 heavy (non-hydrogen) atoms. The molecule has 1 N–H and O–H groups in total. The molecule has 2 fully saturated rings. The van der Waals surface area contributed by atoms with Gasteiger partial charge in [0.2, 0.25) is 5.91 Å². The molecule has 1 aliphatic carbocycles. The number of likely N-dealkylation sites (tertiary alicyclic amines) is 1. The average Bonchev–Trinajstić information content (AvgIpc) is 3.36. The van der Waals surface area contributed by atoms with Gasteiger partial charge in [0, 0.05) is 48.2 Å². The highest BCUT2D eigenvalue weighted by Gasteiger charge is 2.39. The van der Waals surface area contributed by atoms with Gasteiger partial charge < -0.3 is 10.2 Å². The van der Waals surface area contributed by atoms with Gasteiger partial charge in [0.15, 0.2) is 5.82 Å². The Morgan fingerprint density at radius 2 is 1.92 bits per heavy atom. The number of nitrogens with one attached hydrogen (secondary N) is 1. The van der Waals surface area contributed by atoms with E-state index in [1.165, 1.54) is 0 Å². The number of hydrogen-bond acceptors (Lipinski definition) is 5. The number of rotatable bonds is 4. The Labute approximate surface area is 141 Å². The number of nitrogens with zero attached hydrogens (tertiary/aromatic N) is 4. The summed E-state index contributed by atoms with van der Waals surface area (Å²) >= 11 is 0. The summed E-state index contributed by atoms with van der Waals surface area (Å²) in [5, 5.41) is 3.47. The van der Waals surface area contributed by atoms with Gasteiger partial charge in [-0.3, -0.25) is 9.78 Å². The van der Waals surface area contributed by atoms with Crippen molar-refractivity contribution in [3.8, 4) is 11.4 Å². The van der Waals surface area contributed by atoms with Crippen molar-refractivity contribution in [3.05, 3.63) is 35.8 Å². The lowest BCUT2D eigenvalue weighted by atomic mass is 10.2. The Bertz CT molecular complexity index is 772. The van der Waals surface area contributed by atoms with Crippen molar-refractivity contribution in [1.29, 1.82) is 0 Å². The number of carbonyl (C=O) groups excluding carboxylic acids is 1. The molecule has 2 aromatic heterocycles. The fourth-order valence-corrected chi connectivity index (χ4v) is 3.16. The zero-order valence-electron chi connectivity index (χ0n) is 14.0. The van der Waals surface area contributed by atoms with E-state index in [9.17, 15) is 4.79 Å². The van der Waals surface area contributed by atoms with Gasteiger partial charge in [-0.15, -0.1) is 0 Å². The summed E-state index contributed by atoms with van der Waals surface area (Å²) < 4.78 is 0. The van der Waals surface area contributed by atoms with Crippen LogP contribution in [0.4, 0.5) is 5.82 Å². The van der Waals surface area contributed by atoms with Crippen LogP contribution in [-0.4, -0.2) is 44.4 Å². The Morgan fingerprint density at radius 1 is 1.17 bits per heavy atom. The quantitative estimate of drug-likeness (QED) is 0.935. The second-order valence-electron chi connectivity index (χ2n) is 6.66. The van der Waals surface area contributed by atoms with Crippen LogP contribution >= 0.6 is 0 Å². The van der Waals surface area contributed by atoms with Crippen molar-refractivity contribution in [2.75, 3.05) is 11.9 Å². The second-order valence-corrected chi connectivity index (χ2v) is 6.66. The molecule has 0 radical (unpaired) electrons. The van der Waals surface area contributed by atoms with Gasteiger partial charge >= 0.3 is 0 Å². The van der Waals surface area contributed by atoms with E-state index >= 15 is 0 Å². The molecule has 1 saturated carbocycles. The highest BCUT2D eigenvalue weighted by Crippen LogP contribution is 2.32. The van der Waals surface area contributed by atoms with Gasteiger partial charge in [0.1, 0.15) is 5.82 Å². The van der Waals surface area contributed by atoms with Crippen LogP contribution in [0.5, 0.6) is 0 Å². The molecule has 2 aromatic rings. The maximum atomic E-state index is 12.1. The molecule has 4 rings (SSSR count). The molecular formula is C18H21N5O. The van der Waals surface area contributed by atoms with Gasteiger partial charge in [-0.1, -0.05) is 0 Å². The van der Waals surface area contributed by atoms with Crippen LogP contribution in [0.25, 0.3) is 11.4 Å². The molecule has 1 aliphatic heterocycles. The molecule has 124 valence electrons. The van der Waals surface area contributed by atoms with Crippen molar-refractivity contribution in [3.63, 3.8) is 0 Å². The van der Waals surface area contributed by atoms with Crippen LogP contribution in [0.3, 0.4) is 0 Å². The molecule has 1 atom stereocenters. The Morgan fingerprint density at radius 3 is 2.62 bits per heavy atom. The van der Waals surface area contributed by atoms with Crippen molar-refractivity contribution in [2.24, 2.45) is 0 Å². The molecule has 3 heterocycles. The van der Waals surface area contributed by atoms with Crippen LogP contribution in [0, 0.1) is 13.8 Å². The minimum absolute atomic E-state index is 0.122. The Balaban J connectivity index is 1.58. The minimum Gasteiger partial charge on any atom is -0.365 e. The molecule has 1 unspecified atom stereocenters. The Kier molecular flexibility index (Phi) is 3.67. The first kappa shape index (κ1) is 15.1. The van der Waals surface area contributed by atoms with E-state index in [1.54, 1.807) is 12.4 Å². The molecule has 1 amide bonds. The molecule has 0 spiro atoms. The first-order chi connectivity index (χ1) is 11.6. The zero-order chi connectivity index (χ0) is 16.7. The van der Waals surface area contributed by atoms with E-state index < -0.39 is 0 Å². The molecule has 6 heteroatoms. The number of hydrogen-bond donors (Lipinski definition) is 1. The van der Waals surface area contributed by atoms with Gasteiger partial charge in [-0.2, -0.15) is 0 Å².